The van der Waals surface area contributed by atoms with Crippen LogP contribution in [0, 0.1) is 6.92 Å². The fourth-order valence-electron chi connectivity index (χ4n) is 2.34. The second-order valence-electron chi connectivity index (χ2n) is 5.64. The monoisotopic (exact) mass is 302 g/mol. The Labute approximate surface area is 132 Å². The summed E-state index contributed by atoms with van der Waals surface area (Å²) in [4.78, 5) is 2.26. The van der Waals surface area contributed by atoms with E-state index in [0.29, 0.717) is 0 Å². The van der Waals surface area contributed by atoms with E-state index in [4.69, 9.17) is 17.3 Å². The number of hydrogen-bond donors (Lipinski definition) is 1. The van der Waals surface area contributed by atoms with Gasteiger partial charge in [0.05, 0.1) is 0 Å². The summed E-state index contributed by atoms with van der Waals surface area (Å²) in [6.45, 7) is 3.88. The molecule has 0 fully saturated rings. The molecule has 0 aliphatic carbocycles. The van der Waals surface area contributed by atoms with Crippen LogP contribution in [0.4, 0.5) is 0 Å². The number of nitrogens with zero attached hydrogens (tertiary/aromatic N) is 1. The van der Waals surface area contributed by atoms with Gasteiger partial charge in [-0.25, -0.2) is 0 Å². The summed E-state index contributed by atoms with van der Waals surface area (Å²) < 4.78 is 0. The van der Waals surface area contributed by atoms with Crippen LogP contribution in [0.5, 0.6) is 0 Å². The van der Waals surface area contributed by atoms with Gasteiger partial charge in [0.1, 0.15) is 0 Å². The summed E-state index contributed by atoms with van der Waals surface area (Å²) in [5.41, 5.74) is 9.89. The van der Waals surface area contributed by atoms with Gasteiger partial charge in [0.15, 0.2) is 0 Å². The van der Waals surface area contributed by atoms with Gasteiger partial charge in [-0.3, -0.25) is 0 Å². The molecule has 1 unspecified atom stereocenters. The van der Waals surface area contributed by atoms with Gasteiger partial charge in [-0.2, -0.15) is 0 Å². The van der Waals surface area contributed by atoms with Crippen LogP contribution in [0.1, 0.15) is 29.2 Å². The van der Waals surface area contributed by atoms with Crippen molar-refractivity contribution in [2.45, 2.75) is 25.9 Å². The molecule has 0 saturated carbocycles. The number of hydrogen-bond acceptors (Lipinski definition) is 2. The molecular weight excluding hydrogens is 280 g/mol. The third-order valence-corrected chi connectivity index (χ3v) is 4.09. The lowest BCUT2D eigenvalue weighted by molar-refractivity contribution is 0.311. The summed E-state index contributed by atoms with van der Waals surface area (Å²) >= 11 is 6.19. The Morgan fingerprint density at radius 1 is 1.10 bits per heavy atom. The average Bonchev–Trinajstić information content (AvgIpc) is 2.48. The molecule has 0 aliphatic rings. The summed E-state index contributed by atoms with van der Waals surface area (Å²) in [7, 11) is 2.10. The van der Waals surface area contributed by atoms with Gasteiger partial charge in [0.2, 0.25) is 0 Å². The molecule has 0 heterocycles. The van der Waals surface area contributed by atoms with Gasteiger partial charge >= 0.3 is 0 Å². The maximum absolute atomic E-state index is 6.26. The molecule has 0 bridgehead atoms. The topological polar surface area (TPSA) is 29.3 Å². The van der Waals surface area contributed by atoms with E-state index in [-0.39, 0.29) is 6.04 Å². The smallest absolute Gasteiger partial charge is 0.0451 e. The fourth-order valence-corrected chi connectivity index (χ4v) is 2.53. The lowest BCUT2D eigenvalue weighted by Gasteiger charge is -2.20. The van der Waals surface area contributed by atoms with E-state index in [1.165, 1.54) is 11.1 Å². The van der Waals surface area contributed by atoms with Crippen LogP contribution in [0.3, 0.4) is 0 Å². The zero-order valence-electron chi connectivity index (χ0n) is 12.7. The number of rotatable bonds is 6. The first-order chi connectivity index (χ1) is 10.1. The van der Waals surface area contributed by atoms with Gasteiger partial charge in [0, 0.05) is 17.6 Å². The van der Waals surface area contributed by atoms with Crippen LogP contribution in [0.25, 0.3) is 0 Å². The highest BCUT2D eigenvalue weighted by Crippen LogP contribution is 2.18. The van der Waals surface area contributed by atoms with Crippen molar-refractivity contribution < 1.29 is 0 Å². The van der Waals surface area contributed by atoms with Gasteiger partial charge in [-0.15, -0.1) is 0 Å². The normalized spacial score (nSPS) is 12.6. The van der Waals surface area contributed by atoms with Crippen LogP contribution in [-0.2, 0) is 6.54 Å². The van der Waals surface area contributed by atoms with E-state index < -0.39 is 0 Å². The first-order valence-electron chi connectivity index (χ1n) is 7.30. The minimum Gasteiger partial charge on any atom is -0.324 e. The summed E-state index contributed by atoms with van der Waals surface area (Å²) in [6, 6.07) is 16.5. The largest absolute Gasteiger partial charge is 0.324 e. The van der Waals surface area contributed by atoms with E-state index in [2.05, 4.69) is 49.2 Å². The van der Waals surface area contributed by atoms with E-state index >= 15 is 0 Å². The van der Waals surface area contributed by atoms with Gasteiger partial charge in [0.25, 0.3) is 0 Å². The predicted octanol–water partition coefficient (Wildman–Crippen LogP) is 4.17. The van der Waals surface area contributed by atoms with Crippen molar-refractivity contribution in [1.29, 1.82) is 0 Å². The quantitative estimate of drug-likeness (QED) is 0.868. The fraction of sp³-hybridized carbons (Fsp3) is 0.333. The highest BCUT2D eigenvalue weighted by molar-refractivity contribution is 6.31. The Hall–Kier alpha value is -1.35. The molecule has 2 rings (SSSR count). The molecule has 0 amide bonds. The van der Waals surface area contributed by atoms with Crippen molar-refractivity contribution in [3.63, 3.8) is 0 Å². The van der Waals surface area contributed by atoms with Crippen molar-refractivity contribution in [3.8, 4) is 0 Å². The molecule has 2 N–H and O–H groups in total. The second-order valence-corrected chi connectivity index (χ2v) is 6.04. The molecule has 1 atom stereocenters. The van der Waals surface area contributed by atoms with Crippen LogP contribution < -0.4 is 5.73 Å². The van der Waals surface area contributed by atoms with Crippen LogP contribution in [0.15, 0.2) is 48.5 Å². The van der Waals surface area contributed by atoms with Crippen molar-refractivity contribution in [2.24, 2.45) is 5.73 Å². The first kappa shape index (κ1) is 16.0. The Morgan fingerprint density at radius 2 is 1.76 bits per heavy atom. The second kappa shape index (κ2) is 7.60. The minimum absolute atomic E-state index is 0.0827. The van der Waals surface area contributed by atoms with E-state index in [1.54, 1.807) is 0 Å². The molecule has 2 aromatic rings. The maximum Gasteiger partial charge on any atom is 0.0451 e. The van der Waals surface area contributed by atoms with E-state index in [0.717, 1.165) is 30.1 Å². The van der Waals surface area contributed by atoms with Crippen molar-refractivity contribution in [2.75, 3.05) is 13.6 Å². The number of halogens is 1. The van der Waals surface area contributed by atoms with Gasteiger partial charge < -0.3 is 10.6 Å². The molecule has 0 radical (unpaired) electrons. The molecule has 0 aliphatic heterocycles. The number of aryl methyl sites for hydroxylation is 1. The maximum atomic E-state index is 6.26. The Balaban J connectivity index is 1.85. The number of benzene rings is 2. The molecule has 21 heavy (non-hydrogen) atoms. The van der Waals surface area contributed by atoms with Crippen LogP contribution in [-0.4, -0.2) is 18.5 Å². The molecule has 0 aromatic heterocycles. The lowest BCUT2D eigenvalue weighted by Crippen LogP contribution is -2.23. The predicted molar refractivity (Wildman–Crippen MR) is 90.5 cm³/mol. The van der Waals surface area contributed by atoms with E-state index in [1.807, 2.05) is 18.2 Å². The Bertz CT molecular complexity index is 566. The average molecular weight is 303 g/mol. The molecule has 2 aromatic carbocycles. The van der Waals surface area contributed by atoms with Crippen molar-refractivity contribution in [1.82, 2.24) is 4.90 Å². The van der Waals surface area contributed by atoms with Crippen LogP contribution in [0.2, 0.25) is 5.02 Å². The number of nitrogens with two attached hydrogens (primary N) is 1. The minimum atomic E-state index is 0.0827. The molecule has 0 saturated heterocycles. The highest BCUT2D eigenvalue weighted by Gasteiger charge is 2.09. The standard InChI is InChI=1S/C18H23ClN2/c1-14-7-9-15(10-8-14)18(20)11-12-21(2)13-16-5-3-4-6-17(16)19/h3-10,18H,11-13,20H2,1-2H3. The Kier molecular flexibility index (Phi) is 5.80. The molecule has 2 nitrogen and oxygen atoms in total. The third kappa shape index (κ3) is 4.85. The van der Waals surface area contributed by atoms with Crippen molar-refractivity contribution >= 4 is 11.6 Å². The van der Waals surface area contributed by atoms with Crippen molar-refractivity contribution in [3.05, 3.63) is 70.2 Å². The highest BCUT2D eigenvalue weighted by atomic mass is 35.5. The summed E-state index contributed by atoms with van der Waals surface area (Å²) in [5.74, 6) is 0. The van der Waals surface area contributed by atoms with E-state index in [9.17, 15) is 0 Å². The third-order valence-electron chi connectivity index (χ3n) is 3.73. The van der Waals surface area contributed by atoms with Gasteiger partial charge in [-0.1, -0.05) is 59.6 Å². The lowest BCUT2D eigenvalue weighted by atomic mass is 10.0. The zero-order valence-corrected chi connectivity index (χ0v) is 13.5. The molecule has 112 valence electrons. The SMILES string of the molecule is Cc1ccc(C(N)CCN(C)Cc2ccccc2Cl)cc1. The summed E-state index contributed by atoms with van der Waals surface area (Å²) in [5, 5.41) is 0.826. The van der Waals surface area contributed by atoms with Gasteiger partial charge in [-0.05, 0) is 44.1 Å². The zero-order chi connectivity index (χ0) is 15.2. The summed E-state index contributed by atoms with van der Waals surface area (Å²) in [6.07, 6.45) is 0.935. The molecule has 3 heteroatoms. The first-order valence-corrected chi connectivity index (χ1v) is 7.68. The molecular formula is C18H23ClN2. The van der Waals surface area contributed by atoms with Crippen LogP contribution >= 0.6 is 11.6 Å². The molecule has 0 spiro atoms. The Morgan fingerprint density at radius 3 is 2.43 bits per heavy atom.